The Bertz CT molecular complexity index is 468. The van der Waals surface area contributed by atoms with Crippen LogP contribution >= 0.6 is 0 Å². The third kappa shape index (κ3) is 3.52. The summed E-state index contributed by atoms with van der Waals surface area (Å²) < 4.78 is 5.12. The number of aromatic hydroxyl groups is 1. The van der Waals surface area contributed by atoms with Crippen LogP contribution in [0, 0.1) is 0 Å². The third-order valence-electron chi connectivity index (χ3n) is 3.72. The van der Waals surface area contributed by atoms with Crippen molar-refractivity contribution in [1.82, 2.24) is 10.2 Å². The highest BCUT2D eigenvalue weighted by molar-refractivity contribution is 5.43. The van der Waals surface area contributed by atoms with Gasteiger partial charge >= 0.3 is 0 Å². The molecule has 4 heteroatoms. The monoisotopic (exact) mass is 276 g/mol. The average Bonchev–Trinajstić information content (AvgIpc) is 2.45. The molecule has 20 heavy (non-hydrogen) atoms. The van der Waals surface area contributed by atoms with Gasteiger partial charge in [0.25, 0.3) is 0 Å². The minimum atomic E-state index is 0.201. The van der Waals surface area contributed by atoms with E-state index in [1.54, 1.807) is 7.11 Å². The van der Waals surface area contributed by atoms with E-state index in [0.29, 0.717) is 5.75 Å². The fraction of sp³-hybridized carbons (Fsp3) is 0.500. The van der Waals surface area contributed by atoms with Gasteiger partial charge in [0.15, 0.2) is 11.5 Å². The van der Waals surface area contributed by atoms with Gasteiger partial charge in [0.2, 0.25) is 0 Å². The van der Waals surface area contributed by atoms with E-state index in [-0.39, 0.29) is 11.8 Å². The zero-order valence-electron chi connectivity index (χ0n) is 12.4. The first-order chi connectivity index (χ1) is 9.61. The number of methoxy groups -OCH3 is 1. The van der Waals surface area contributed by atoms with Crippen LogP contribution < -0.4 is 10.1 Å². The highest BCUT2D eigenvalue weighted by Gasteiger charge is 2.23. The van der Waals surface area contributed by atoms with Crippen molar-refractivity contribution < 1.29 is 9.84 Å². The second kappa shape index (κ2) is 6.77. The third-order valence-corrected chi connectivity index (χ3v) is 3.72. The molecule has 1 atom stereocenters. The minimum Gasteiger partial charge on any atom is -0.504 e. The van der Waals surface area contributed by atoms with Gasteiger partial charge in [-0.3, -0.25) is 4.90 Å². The maximum Gasteiger partial charge on any atom is 0.160 e. The van der Waals surface area contributed by atoms with Crippen LogP contribution in [0.5, 0.6) is 11.5 Å². The van der Waals surface area contributed by atoms with E-state index in [1.165, 1.54) is 0 Å². The zero-order chi connectivity index (χ0) is 14.5. The predicted octanol–water partition coefficient (Wildman–Crippen LogP) is 2.31. The normalized spacial score (nSPS) is 17.7. The number of hydrogen-bond donors (Lipinski definition) is 2. The van der Waals surface area contributed by atoms with Crippen molar-refractivity contribution in [2.75, 3.05) is 33.3 Å². The predicted molar refractivity (Wildman–Crippen MR) is 81.3 cm³/mol. The minimum absolute atomic E-state index is 0.201. The lowest BCUT2D eigenvalue weighted by Crippen LogP contribution is -2.45. The molecule has 110 valence electrons. The molecule has 0 bridgehead atoms. The summed E-state index contributed by atoms with van der Waals surface area (Å²) >= 11 is 0. The Morgan fingerprint density at radius 2 is 2.15 bits per heavy atom. The van der Waals surface area contributed by atoms with Crippen LogP contribution in [0.25, 0.3) is 0 Å². The average molecular weight is 276 g/mol. The lowest BCUT2D eigenvalue weighted by Gasteiger charge is -2.35. The quantitative estimate of drug-likeness (QED) is 0.810. The van der Waals surface area contributed by atoms with E-state index in [4.69, 9.17) is 4.74 Å². The van der Waals surface area contributed by atoms with Crippen LogP contribution in [0.15, 0.2) is 30.4 Å². The molecule has 2 rings (SSSR count). The van der Waals surface area contributed by atoms with E-state index in [1.807, 2.05) is 18.2 Å². The van der Waals surface area contributed by atoms with E-state index in [0.717, 1.165) is 43.7 Å². The zero-order valence-corrected chi connectivity index (χ0v) is 12.4. The number of benzene rings is 1. The van der Waals surface area contributed by atoms with Crippen LogP contribution in [-0.4, -0.2) is 43.3 Å². The van der Waals surface area contributed by atoms with Gasteiger partial charge in [0.1, 0.15) is 0 Å². The molecule has 0 saturated carbocycles. The van der Waals surface area contributed by atoms with Crippen molar-refractivity contribution >= 4 is 0 Å². The summed E-state index contributed by atoms with van der Waals surface area (Å²) in [6.45, 7) is 10.2. The lowest BCUT2D eigenvalue weighted by molar-refractivity contribution is 0.172. The number of nitrogens with one attached hydrogen (secondary N) is 1. The molecule has 1 saturated heterocycles. The summed E-state index contributed by atoms with van der Waals surface area (Å²) in [4.78, 5) is 2.45. The standard InChI is InChI=1S/C16H24N2O2/c1-12(2)10-14(18-8-6-17-7-9-18)13-4-5-16(20-3)15(19)11-13/h4-5,11,14,17,19H,1,6-10H2,2-3H3/t14-/m0/s1. The molecule has 0 unspecified atom stereocenters. The van der Waals surface area contributed by atoms with Gasteiger partial charge in [-0.15, -0.1) is 6.58 Å². The fourth-order valence-electron chi connectivity index (χ4n) is 2.70. The van der Waals surface area contributed by atoms with Crippen molar-refractivity contribution in [3.8, 4) is 11.5 Å². The lowest BCUT2D eigenvalue weighted by atomic mass is 9.97. The van der Waals surface area contributed by atoms with Crippen LogP contribution in [0.3, 0.4) is 0 Å². The SMILES string of the molecule is C=C(C)C[C@@H](c1ccc(OC)c(O)c1)N1CCNCC1. The maximum absolute atomic E-state index is 9.99. The summed E-state index contributed by atoms with van der Waals surface area (Å²) in [6, 6.07) is 5.95. The number of rotatable bonds is 5. The van der Waals surface area contributed by atoms with E-state index in [2.05, 4.69) is 23.7 Å². The van der Waals surface area contributed by atoms with Gasteiger partial charge in [-0.2, -0.15) is 0 Å². The Hall–Kier alpha value is -1.52. The van der Waals surface area contributed by atoms with Gasteiger partial charge in [0.05, 0.1) is 7.11 Å². The van der Waals surface area contributed by atoms with Gasteiger partial charge in [-0.1, -0.05) is 11.6 Å². The topological polar surface area (TPSA) is 44.7 Å². The number of hydrogen-bond acceptors (Lipinski definition) is 4. The Balaban J connectivity index is 2.25. The number of nitrogens with zero attached hydrogens (tertiary/aromatic N) is 1. The van der Waals surface area contributed by atoms with Crippen molar-refractivity contribution in [1.29, 1.82) is 0 Å². The van der Waals surface area contributed by atoms with Gasteiger partial charge in [-0.25, -0.2) is 0 Å². The second-order valence-electron chi connectivity index (χ2n) is 5.39. The molecule has 1 aromatic carbocycles. The molecule has 0 aromatic heterocycles. The molecule has 0 amide bonds. The van der Waals surface area contributed by atoms with Gasteiger partial charge in [0, 0.05) is 32.2 Å². The largest absolute Gasteiger partial charge is 0.504 e. The van der Waals surface area contributed by atoms with E-state index < -0.39 is 0 Å². The van der Waals surface area contributed by atoms with Crippen molar-refractivity contribution in [2.45, 2.75) is 19.4 Å². The van der Waals surface area contributed by atoms with Crippen LogP contribution in [0.4, 0.5) is 0 Å². The Labute approximate surface area is 121 Å². The summed E-state index contributed by atoms with van der Waals surface area (Å²) in [5.41, 5.74) is 2.28. The van der Waals surface area contributed by atoms with Crippen molar-refractivity contribution in [3.05, 3.63) is 35.9 Å². The molecule has 1 fully saturated rings. The molecule has 1 aliphatic heterocycles. The van der Waals surface area contributed by atoms with Crippen molar-refractivity contribution in [3.63, 3.8) is 0 Å². The maximum atomic E-state index is 9.99. The first-order valence-corrected chi connectivity index (χ1v) is 7.08. The molecular formula is C16H24N2O2. The Morgan fingerprint density at radius 3 is 2.70 bits per heavy atom. The Kier molecular flexibility index (Phi) is 5.04. The summed E-state index contributed by atoms with van der Waals surface area (Å²) in [6.07, 6.45) is 0.909. The summed E-state index contributed by atoms with van der Waals surface area (Å²) in [5, 5.41) is 13.4. The molecule has 0 aliphatic carbocycles. The fourth-order valence-corrected chi connectivity index (χ4v) is 2.70. The van der Waals surface area contributed by atoms with Gasteiger partial charge in [-0.05, 0) is 31.0 Å². The smallest absolute Gasteiger partial charge is 0.160 e. The number of phenolic OH excluding ortho intramolecular Hbond substituents is 1. The molecule has 1 aromatic rings. The van der Waals surface area contributed by atoms with E-state index >= 15 is 0 Å². The first kappa shape index (κ1) is 14.9. The van der Waals surface area contributed by atoms with Gasteiger partial charge < -0.3 is 15.2 Å². The number of ether oxygens (including phenoxy) is 1. The Morgan fingerprint density at radius 1 is 1.45 bits per heavy atom. The molecule has 1 heterocycles. The second-order valence-corrected chi connectivity index (χ2v) is 5.39. The molecule has 4 nitrogen and oxygen atoms in total. The van der Waals surface area contributed by atoms with E-state index in [9.17, 15) is 5.11 Å². The molecule has 0 radical (unpaired) electrons. The summed E-state index contributed by atoms with van der Waals surface area (Å²) in [7, 11) is 1.57. The summed E-state index contributed by atoms with van der Waals surface area (Å²) in [5.74, 6) is 0.718. The molecule has 1 aliphatic rings. The van der Waals surface area contributed by atoms with Crippen molar-refractivity contribution in [2.24, 2.45) is 0 Å². The number of piperazine rings is 1. The first-order valence-electron chi connectivity index (χ1n) is 7.08. The molecular weight excluding hydrogens is 252 g/mol. The van der Waals surface area contributed by atoms with Crippen LogP contribution in [-0.2, 0) is 0 Å². The number of phenols is 1. The molecule has 2 N–H and O–H groups in total. The highest BCUT2D eigenvalue weighted by Crippen LogP contribution is 2.33. The van der Waals surface area contributed by atoms with Crippen LogP contribution in [0.2, 0.25) is 0 Å². The molecule has 0 spiro atoms. The van der Waals surface area contributed by atoms with Crippen LogP contribution in [0.1, 0.15) is 24.9 Å². The highest BCUT2D eigenvalue weighted by atomic mass is 16.5.